The molecule has 3 heterocycles. The summed E-state index contributed by atoms with van der Waals surface area (Å²) in [5.41, 5.74) is 0.817. The van der Waals surface area contributed by atoms with E-state index in [0.717, 1.165) is 0 Å². The fourth-order valence-corrected chi connectivity index (χ4v) is 3.36. The highest BCUT2D eigenvalue weighted by Gasteiger charge is 2.48. The average Bonchev–Trinajstić information content (AvgIpc) is 3.24. The number of hydrogen-bond acceptors (Lipinski definition) is 5. The minimum Gasteiger partial charge on any atom is -0.507 e. The fourth-order valence-electron chi connectivity index (χ4n) is 3.24. The topological polar surface area (TPSA) is 83.6 Å². The number of Topliss-reactive ketones (excluding diaryl/α,β-unsaturated/α-hetero) is 1. The third-order valence-electron chi connectivity index (χ3n) is 4.53. The Balaban J connectivity index is 1.93. The number of aryl methyl sites for hydroxylation is 1. The number of benzene rings is 1. The number of anilines is 1. The Morgan fingerprint density at radius 1 is 1.07 bits per heavy atom. The molecule has 1 fully saturated rings. The number of aromatic nitrogens is 1. The van der Waals surface area contributed by atoms with Gasteiger partial charge in [0, 0.05) is 28.7 Å². The first kappa shape index (κ1) is 18.0. The van der Waals surface area contributed by atoms with E-state index in [2.05, 4.69) is 4.98 Å². The van der Waals surface area contributed by atoms with Crippen LogP contribution in [0.2, 0.25) is 5.02 Å². The van der Waals surface area contributed by atoms with Crippen molar-refractivity contribution >= 4 is 34.7 Å². The Bertz CT molecular complexity index is 1090. The smallest absolute Gasteiger partial charge is 0.300 e. The van der Waals surface area contributed by atoms with Gasteiger partial charge in [0.1, 0.15) is 23.3 Å². The van der Waals surface area contributed by atoms with Gasteiger partial charge in [-0.2, -0.15) is 0 Å². The molecule has 28 heavy (non-hydrogen) atoms. The van der Waals surface area contributed by atoms with Crippen molar-refractivity contribution < 1.29 is 19.1 Å². The molecule has 4 rings (SSSR count). The van der Waals surface area contributed by atoms with E-state index < -0.39 is 17.7 Å². The van der Waals surface area contributed by atoms with Crippen molar-refractivity contribution in [2.24, 2.45) is 0 Å². The number of furan rings is 1. The van der Waals surface area contributed by atoms with E-state index in [0.29, 0.717) is 27.8 Å². The molecule has 3 aromatic rings. The lowest BCUT2D eigenvalue weighted by Gasteiger charge is -2.23. The molecular formula is C21H15ClN2O4. The van der Waals surface area contributed by atoms with Gasteiger partial charge in [-0.15, -0.1) is 0 Å². The van der Waals surface area contributed by atoms with Crippen LogP contribution in [0.15, 0.2) is 70.9 Å². The number of aliphatic hydroxyl groups excluding tert-OH is 1. The molecule has 140 valence electrons. The highest BCUT2D eigenvalue weighted by Crippen LogP contribution is 2.42. The standard InChI is InChI=1S/C21H15ClN2O4/c1-12-2-7-16(28-12)18-17(19(25)13-8-10-23-11-9-13)20(26)21(27)24(18)15-5-3-14(22)4-6-15/h2-11,18,25H,1H3/b19-17-. The summed E-state index contributed by atoms with van der Waals surface area (Å²) in [5.74, 6) is -0.820. The number of pyridine rings is 1. The van der Waals surface area contributed by atoms with Crippen LogP contribution in [0.1, 0.15) is 23.1 Å². The number of hydrogen-bond donors (Lipinski definition) is 1. The first-order valence-electron chi connectivity index (χ1n) is 8.50. The van der Waals surface area contributed by atoms with E-state index in [4.69, 9.17) is 16.0 Å². The van der Waals surface area contributed by atoms with E-state index in [9.17, 15) is 14.7 Å². The zero-order valence-electron chi connectivity index (χ0n) is 14.8. The van der Waals surface area contributed by atoms with Crippen molar-refractivity contribution in [3.63, 3.8) is 0 Å². The zero-order chi connectivity index (χ0) is 19.8. The van der Waals surface area contributed by atoms with Gasteiger partial charge in [0.05, 0.1) is 5.57 Å². The maximum absolute atomic E-state index is 12.9. The van der Waals surface area contributed by atoms with Gasteiger partial charge in [-0.1, -0.05) is 11.6 Å². The molecule has 0 spiro atoms. The molecule has 1 amide bonds. The first-order valence-corrected chi connectivity index (χ1v) is 8.88. The van der Waals surface area contributed by atoms with Crippen LogP contribution in [0.25, 0.3) is 5.76 Å². The Kier molecular flexibility index (Phi) is 4.49. The third-order valence-corrected chi connectivity index (χ3v) is 4.79. The third kappa shape index (κ3) is 2.97. The van der Waals surface area contributed by atoms with Gasteiger partial charge in [-0.25, -0.2) is 0 Å². The lowest BCUT2D eigenvalue weighted by Crippen LogP contribution is -2.29. The van der Waals surface area contributed by atoms with Crippen LogP contribution >= 0.6 is 11.6 Å². The second-order valence-corrected chi connectivity index (χ2v) is 6.77. The summed E-state index contributed by atoms with van der Waals surface area (Å²) in [6, 6.07) is 12.2. The molecule has 1 N–H and O–H groups in total. The van der Waals surface area contributed by atoms with Crippen LogP contribution in [0.4, 0.5) is 5.69 Å². The molecular weight excluding hydrogens is 380 g/mol. The minimum atomic E-state index is -0.900. The molecule has 0 aliphatic carbocycles. The molecule has 7 heteroatoms. The maximum atomic E-state index is 12.9. The summed E-state index contributed by atoms with van der Waals surface area (Å²) in [5, 5.41) is 11.3. The number of nitrogens with zero attached hydrogens (tertiary/aromatic N) is 2. The number of ketones is 1. The lowest BCUT2D eigenvalue weighted by molar-refractivity contribution is -0.132. The molecule has 0 bridgehead atoms. The van der Waals surface area contributed by atoms with Gasteiger partial charge < -0.3 is 9.52 Å². The highest BCUT2D eigenvalue weighted by atomic mass is 35.5. The van der Waals surface area contributed by atoms with Crippen molar-refractivity contribution in [3.8, 4) is 0 Å². The van der Waals surface area contributed by atoms with Crippen molar-refractivity contribution in [2.75, 3.05) is 4.90 Å². The number of carbonyl (C=O) groups excluding carboxylic acids is 2. The Labute approximate surface area is 165 Å². The van der Waals surface area contributed by atoms with Crippen molar-refractivity contribution in [3.05, 3.63) is 88.6 Å². The van der Waals surface area contributed by atoms with Gasteiger partial charge in [0.15, 0.2) is 0 Å². The first-order chi connectivity index (χ1) is 13.5. The van der Waals surface area contributed by atoms with Gasteiger partial charge >= 0.3 is 0 Å². The molecule has 6 nitrogen and oxygen atoms in total. The predicted molar refractivity (Wildman–Crippen MR) is 104 cm³/mol. The molecule has 1 saturated heterocycles. The minimum absolute atomic E-state index is 0.0412. The average molecular weight is 395 g/mol. The van der Waals surface area contributed by atoms with Crippen molar-refractivity contribution in [1.29, 1.82) is 0 Å². The molecule has 0 radical (unpaired) electrons. The monoisotopic (exact) mass is 394 g/mol. The van der Waals surface area contributed by atoms with Crippen molar-refractivity contribution in [2.45, 2.75) is 13.0 Å². The van der Waals surface area contributed by atoms with Crippen LogP contribution in [0.5, 0.6) is 0 Å². The van der Waals surface area contributed by atoms with Crippen LogP contribution in [-0.2, 0) is 9.59 Å². The molecule has 2 aromatic heterocycles. The van der Waals surface area contributed by atoms with E-state index in [1.54, 1.807) is 55.5 Å². The molecule has 1 aromatic carbocycles. The number of amides is 1. The number of rotatable bonds is 3. The highest BCUT2D eigenvalue weighted by molar-refractivity contribution is 6.51. The van der Waals surface area contributed by atoms with Crippen LogP contribution in [0.3, 0.4) is 0 Å². The van der Waals surface area contributed by atoms with Crippen LogP contribution in [-0.4, -0.2) is 21.8 Å². The lowest BCUT2D eigenvalue weighted by atomic mass is 9.99. The van der Waals surface area contributed by atoms with Gasteiger partial charge in [0.25, 0.3) is 11.7 Å². The van der Waals surface area contributed by atoms with E-state index in [-0.39, 0.29) is 11.3 Å². The van der Waals surface area contributed by atoms with Crippen LogP contribution < -0.4 is 4.90 Å². The molecule has 1 aliphatic rings. The Hall–Kier alpha value is -3.38. The second-order valence-electron chi connectivity index (χ2n) is 6.33. The van der Waals surface area contributed by atoms with Gasteiger partial charge in [0.2, 0.25) is 0 Å². The summed E-state index contributed by atoms with van der Waals surface area (Å²) >= 11 is 5.96. The SMILES string of the molecule is Cc1ccc(C2/C(=C(/O)c3ccncc3)C(=O)C(=O)N2c2ccc(Cl)cc2)o1. The molecule has 1 atom stereocenters. The van der Waals surface area contributed by atoms with Crippen LogP contribution in [0, 0.1) is 6.92 Å². The molecule has 0 saturated carbocycles. The quantitative estimate of drug-likeness (QED) is 0.407. The molecule has 1 aliphatic heterocycles. The van der Waals surface area contributed by atoms with E-state index in [1.807, 2.05) is 0 Å². The van der Waals surface area contributed by atoms with Crippen molar-refractivity contribution in [1.82, 2.24) is 4.98 Å². The summed E-state index contributed by atoms with van der Waals surface area (Å²) < 4.78 is 5.73. The largest absolute Gasteiger partial charge is 0.507 e. The summed E-state index contributed by atoms with van der Waals surface area (Å²) in [6.45, 7) is 1.76. The fraction of sp³-hybridized carbons (Fsp3) is 0.0952. The number of halogens is 1. The predicted octanol–water partition coefficient (Wildman–Crippen LogP) is 4.26. The summed E-state index contributed by atoms with van der Waals surface area (Å²) in [4.78, 5) is 31.0. The Morgan fingerprint density at radius 3 is 2.36 bits per heavy atom. The zero-order valence-corrected chi connectivity index (χ0v) is 15.6. The maximum Gasteiger partial charge on any atom is 0.300 e. The number of aliphatic hydroxyl groups is 1. The van der Waals surface area contributed by atoms with E-state index in [1.165, 1.54) is 17.3 Å². The summed E-state index contributed by atoms with van der Waals surface area (Å²) in [7, 11) is 0. The Morgan fingerprint density at radius 2 is 1.75 bits per heavy atom. The normalized spacial score (nSPS) is 18.6. The number of carbonyl (C=O) groups is 2. The van der Waals surface area contributed by atoms with Gasteiger partial charge in [-0.05, 0) is 55.5 Å². The molecule has 1 unspecified atom stereocenters. The summed E-state index contributed by atoms with van der Waals surface area (Å²) in [6.07, 6.45) is 2.99. The van der Waals surface area contributed by atoms with E-state index >= 15 is 0 Å². The van der Waals surface area contributed by atoms with Gasteiger partial charge in [-0.3, -0.25) is 19.5 Å². The second kappa shape index (κ2) is 6.98.